The number of anilines is 1. The van der Waals surface area contributed by atoms with Crippen LogP contribution >= 0.6 is 11.3 Å². The van der Waals surface area contributed by atoms with Gasteiger partial charge in [0.25, 0.3) is 11.8 Å². The van der Waals surface area contributed by atoms with Crippen molar-refractivity contribution in [3.8, 4) is 0 Å². The summed E-state index contributed by atoms with van der Waals surface area (Å²) in [6.45, 7) is 4.84. The molecule has 138 valence electrons. The topological polar surface area (TPSA) is 70.2 Å². The number of benzene rings is 1. The van der Waals surface area contributed by atoms with Crippen LogP contribution in [0.2, 0.25) is 0 Å². The summed E-state index contributed by atoms with van der Waals surface area (Å²) < 4.78 is 13.3. The van der Waals surface area contributed by atoms with E-state index in [0.717, 1.165) is 24.9 Å². The summed E-state index contributed by atoms with van der Waals surface area (Å²) in [5.41, 5.74) is 1.05. The number of piperidine rings is 1. The van der Waals surface area contributed by atoms with Gasteiger partial charge in [-0.05, 0) is 63.1 Å². The molecule has 2 heterocycles. The van der Waals surface area contributed by atoms with E-state index in [1.165, 1.54) is 29.5 Å². The van der Waals surface area contributed by atoms with Crippen molar-refractivity contribution < 1.29 is 14.0 Å². The smallest absolute Gasteiger partial charge is 0.261 e. The molecule has 0 radical (unpaired) electrons. The Labute approximate surface area is 156 Å². The number of aryl methyl sites for hydroxylation is 1. The molecule has 1 saturated heterocycles. The van der Waals surface area contributed by atoms with Crippen LogP contribution in [0, 0.1) is 12.7 Å². The Kier molecular flexibility index (Phi) is 5.68. The fourth-order valence-corrected chi connectivity index (χ4v) is 4.07. The molecule has 0 spiro atoms. The van der Waals surface area contributed by atoms with E-state index in [-0.39, 0.29) is 17.5 Å². The molecule has 26 heavy (non-hydrogen) atoms. The van der Waals surface area contributed by atoms with E-state index in [4.69, 9.17) is 0 Å². The summed E-state index contributed by atoms with van der Waals surface area (Å²) in [6, 6.07) is 7.82. The molecule has 2 aromatic rings. The predicted molar refractivity (Wildman–Crippen MR) is 101 cm³/mol. The van der Waals surface area contributed by atoms with E-state index in [1.54, 1.807) is 12.1 Å². The molecule has 1 aromatic carbocycles. The van der Waals surface area contributed by atoms with E-state index < -0.39 is 11.7 Å². The van der Waals surface area contributed by atoms with Crippen LogP contribution in [0.3, 0.4) is 0 Å². The molecule has 5 nitrogen and oxygen atoms in total. The lowest BCUT2D eigenvalue weighted by molar-refractivity contribution is 0.0928. The van der Waals surface area contributed by atoms with Gasteiger partial charge in [0, 0.05) is 17.6 Å². The van der Waals surface area contributed by atoms with Crippen molar-refractivity contribution in [1.82, 2.24) is 10.6 Å². The van der Waals surface area contributed by atoms with Crippen molar-refractivity contribution in [2.75, 3.05) is 11.9 Å². The van der Waals surface area contributed by atoms with Gasteiger partial charge in [0.05, 0.1) is 9.88 Å². The number of carbonyl (C=O) groups is 2. The van der Waals surface area contributed by atoms with Crippen molar-refractivity contribution in [2.24, 2.45) is 0 Å². The van der Waals surface area contributed by atoms with E-state index in [1.807, 2.05) is 6.92 Å². The van der Waals surface area contributed by atoms with Crippen molar-refractivity contribution in [2.45, 2.75) is 38.8 Å². The van der Waals surface area contributed by atoms with Crippen LogP contribution < -0.4 is 16.0 Å². The number of hydrogen-bond acceptors (Lipinski definition) is 4. The van der Waals surface area contributed by atoms with Gasteiger partial charge in [0.2, 0.25) is 0 Å². The van der Waals surface area contributed by atoms with E-state index in [9.17, 15) is 14.0 Å². The van der Waals surface area contributed by atoms with Crippen molar-refractivity contribution >= 4 is 28.2 Å². The van der Waals surface area contributed by atoms with Gasteiger partial charge >= 0.3 is 0 Å². The first-order chi connectivity index (χ1) is 12.4. The molecular weight excluding hydrogens is 353 g/mol. The first-order valence-electron chi connectivity index (χ1n) is 8.64. The highest BCUT2D eigenvalue weighted by atomic mass is 32.1. The predicted octanol–water partition coefficient (Wildman–Crippen LogP) is 3.32. The Balaban J connectivity index is 1.66. The summed E-state index contributed by atoms with van der Waals surface area (Å²) in [7, 11) is 0. The molecular formula is C19H22FN3O2S. The van der Waals surface area contributed by atoms with Crippen LogP contribution in [-0.2, 0) is 0 Å². The Morgan fingerprint density at radius 1 is 1.27 bits per heavy atom. The summed E-state index contributed by atoms with van der Waals surface area (Å²) in [5, 5.41) is 9.75. The summed E-state index contributed by atoms with van der Waals surface area (Å²) >= 11 is 1.23. The van der Waals surface area contributed by atoms with Crippen LogP contribution in [0.5, 0.6) is 0 Å². The highest BCUT2D eigenvalue weighted by molar-refractivity contribution is 7.18. The maximum Gasteiger partial charge on any atom is 0.261 e. The number of rotatable bonds is 4. The van der Waals surface area contributed by atoms with Crippen molar-refractivity contribution in [3.63, 3.8) is 0 Å². The van der Waals surface area contributed by atoms with Crippen LogP contribution in [-0.4, -0.2) is 30.4 Å². The minimum atomic E-state index is -0.462. The van der Waals surface area contributed by atoms with Gasteiger partial charge in [-0.25, -0.2) is 4.39 Å². The van der Waals surface area contributed by atoms with Gasteiger partial charge in [-0.3, -0.25) is 9.59 Å². The molecule has 0 saturated carbocycles. The highest BCUT2D eigenvalue weighted by Crippen LogP contribution is 2.27. The second-order valence-corrected chi connectivity index (χ2v) is 7.69. The average Bonchev–Trinajstić information content (AvgIpc) is 2.95. The molecule has 2 unspecified atom stereocenters. The number of amides is 2. The molecule has 1 aliphatic rings. The lowest BCUT2D eigenvalue weighted by Gasteiger charge is -2.28. The number of carbonyl (C=O) groups excluding carboxylic acids is 2. The van der Waals surface area contributed by atoms with Gasteiger partial charge in [0.1, 0.15) is 5.82 Å². The fourth-order valence-electron chi connectivity index (χ4n) is 3.10. The highest BCUT2D eigenvalue weighted by Gasteiger charge is 2.22. The Morgan fingerprint density at radius 3 is 2.81 bits per heavy atom. The summed E-state index contributed by atoms with van der Waals surface area (Å²) in [5.74, 6) is -0.973. The largest absolute Gasteiger partial charge is 0.348 e. The van der Waals surface area contributed by atoms with Gasteiger partial charge < -0.3 is 16.0 Å². The minimum absolute atomic E-state index is 0.113. The Bertz CT molecular complexity index is 821. The monoisotopic (exact) mass is 375 g/mol. The SMILES string of the molecule is Cc1cc(NC(=O)c2cccc(F)c2)sc1C(=O)NC1CCNC(C)C1. The van der Waals surface area contributed by atoms with Crippen LogP contribution in [0.4, 0.5) is 9.39 Å². The number of nitrogens with one attached hydrogen (secondary N) is 3. The number of halogens is 1. The molecule has 0 bridgehead atoms. The molecule has 1 fully saturated rings. The van der Waals surface area contributed by atoms with E-state index in [0.29, 0.717) is 15.9 Å². The van der Waals surface area contributed by atoms with Crippen molar-refractivity contribution in [1.29, 1.82) is 0 Å². The average molecular weight is 375 g/mol. The van der Waals surface area contributed by atoms with Crippen LogP contribution in [0.25, 0.3) is 0 Å². The quantitative estimate of drug-likeness (QED) is 0.768. The molecule has 7 heteroatoms. The minimum Gasteiger partial charge on any atom is -0.348 e. The molecule has 3 N–H and O–H groups in total. The number of thiophene rings is 1. The lowest BCUT2D eigenvalue weighted by Crippen LogP contribution is -2.46. The van der Waals surface area contributed by atoms with Crippen LogP contribution in [0.15, 0.2) is 30.3 Å². The zero-order valence-electron chi connectivity index (χ0n) is 14.8. The van der Waals surface area contributed by atoms with Crippen LogP contribution in [0.1, 0.15) is 45.4 Å². The lowest BCUT2D eigenvalue weighted by atomic mass is 10.0. The zero-order chi connectivity index (χ0) is 18.7. The second-order valence-electron chi connectivity index (χ2n) is 6.64. The third-order valence-electron chi connectivity index (χ3n) is 4.41. The summed E-state index contributed by atoms with van der Waals surface area (Å²) in [6.07, 6.45) is 1.81. The molecule has 3 rings (SSSR count). The molecule has 2 amide bonds. The van der Waals surface area contributed by atoms with Gasteiger partial charge in [-0.1, -0.05) is 6.07 Å². The van der Waals surface area contributed by atoms with Crippen molar-refractivity contribution in [3.05, 3.63) is 52.2 Å². The molecule has 2 atom stereocenters. The normalized spacial score (nSPS) is 19.8. The second kappa shape index (κ2) is 7.97. The first kappa shape index (κ1) is 18.5. The third kappa shape index (κ3) is 4.47. The van der Waals surface area contributed by atoms with Gasteiger partial charge in [-0.15, -0.1) is 11.3 Å². The maximum atomic E-state index is 13.3. The van der Waals surface area contributed by atoms with E-state index >= 15 is 0 Å². The Hall–Kier alpha value is -2.25. The zero-order valence-corrected chi connectivity index (χ0v) is 15.6. The summed E-state index contributed by atoms with van der Waals surface area (Å²) in [4.78, 5) is 25.4. The van der Waals surface area contributed by atoms with E-state index in [2.05, 4.69) is 22.9 Å². The fraction of sp³-hybridized carbons (Fsp3) is 0.368. The molecule has 0 aliphatic carbocycles. The Morgan fingerprint density at radius 2 is 2.08 bits per heavy atom. The molecule has 1 aliphatic heterocycles. The maximum absolute atomic E-state index is 13.3. The number of hydrogen-bond donors (Lipinski definition) is 3. The van der Waals surface area contributed by atoms with Gasteiger partial charge in [-0.2, -0.15) is 0 Å². The third-order valence-corrected chi connectivity index (χ3v) is 5.56. The molecule has 1 aromatic heterocycles. The standard InChI is InChI=1S/C19H22FN3O2S/c1-11-8-16(23-18(24)13-4-3-5-14(20)10-13)26-17(11)19(25)22-15-6-7-21-12(2)9-15/h3-5,8,10,12,15,21H,6-7,9H2,1-2H3,(H,22,25)(H,23,24). The van der Waals surface area contributed by atoms with Gasteiger partial charge in [0.15, 0.2) is 0 Å². The first-order valence-corrected chi connectivity index (χ1v) is 9.45.